The number of aryl methyl sites for hydroxylation is 1. The number of nitriles is 1. The van der Waals surface area contributed by atoms with E-state index in [1.807, 2.05) is 24.5 Å². The molecule has 0 spiro atoms. The average Bonchev–Trinajstić information content (AvgIpc) is 3.30. The number of piperidine rings is 1. The van der Waals surface area contributed by atoms with E-state index in [4.69, 9.17) is 4.74 Å². The number of fused-ring (bicyclic) bond motifs is 1. The van der Waals surface area contributed by atoms with Gasteiger partial charge in [0, 0.05) is 37.7 Å². The summed E-state index contributed by atoms with van der Waals surface area (Å²) in [4.78, 5) is 11.5. The second kappa shape index (κ2) is 8.73. The standard InChI is InChI=1S/C26H26N4O3S/c1-3-17-12-28-26(29-13-17)30-14-22-23(15-30)24(22)16-33-25-9-6-19(10-20(25)11-27)18-4-7-21(8-5-18)34(2,31)32/h4-10,12-13,22-24H,3,14-16H2,1-2H3/t22-,23+,24?. The van der Waals surface area contributed by atoms with E-state index >= 15 is 0 Å². The highest BCUT2D eigenvalue weighted by Gasteiger charge is 2.56. The summed E-state index contributed by atoms with van der Waals surface area (Å²) in [7, 11) is -3.24. The minimum atomic E-state index is -3.24. The molecule has 8 heteroatoms. The molecule has 3 atom stereocenters. The summed E-state index contributed by atoms with van der Waals surface area (Å²) < 4.78 is 29.4. The molecule has 1 aliphatic carbocycles. The third kappa shape index (κ3) is 4.36. The number of sulfone groups is 1. The van der Waals surface area contributed by atoms with E-state index in [0.29, 0.717) is 35.7 Å². The third-order valence-corrected chi connectivity index (χ3v) is 8.03. The Morgan fingerprint density at radius 2 is 1.71 bits per heavy atom. The predicted molar refractivity (Wildman–Crippen MR) is 129 cm³/mol. The number of ether oxygens (including phenoxy) is 1. The van der Waals surface area contributed by atoms with Crippen LogP contribution in [0.15, 0.2) is 59.8 Å². The Bertz CT molecular complexity index is 1340. The van der Waals surface area contributed by atoms with Crippen LogP contribution in [0.25, 0.3) is 11.1 Å². The first-order valence-corrected chi connectivity index (χ1v) is 13.3. The number of nitrogens with zero attached hydrogens (tertiary/aromatic N) is 4. The van der Waals surface area contributed by atoms with Crippen LogP contribution in [0.2, 0.25) is 0 Å². The van der Waals surface area contributed by atoms with Crippen molar-refractivity contribution in [3.8, 4) is 22.9 Å². The summed E-state index contributed by atoms with van der Waals surface area (Å²) in [6.45, 7) is 4.57. The van der Waals surface area contributed by atoms with E-state index in [2.05, 4.69) is 27.9 Å². The number of hydrogen-bond acceptors (Lipinski definition) is 7. The smallest absolute Gasteiger partial charge is 0.225 e. The van der Waals surface area contributed by atoms with Crippen LogP contribution in [-0.4, -0.2) is 44.3 Å². The molecule has 1 saturated carbocycles. The Labute approximate surface area is 200 Å². The van der Waals surface area contributed by atoms with Crippen LogP contribution in [0.1, 0.15) is 18.1 Å². The fraction of sp³-hybridized carbons (Fsp3) is 0.346. The maximum atomic E-state index is 11.7. The largest absolute Gasteiger partial charge is 0.492 e. The van der Waals surface area contributed by atoms with Gasteiger partial charge in [-0.3, -0.25) is 0 Å². The SMILES string of the molecule is CCc1cnc(N2C[C@@H]3C(COc4ccc(-c5ccc(S(C)(=O)=O)cc5)cc4C#N)[C@@H]3C2)nc1. The zero-order valence-corrected chi connectivity index (χ0v) is 20.0. The van der Waals surface area contributed by atoms with Gasteiger partial charge in [0.15, 0.2) is 9.84 Å². The molecule has 5 rings (SSSR count). The van der Waals surface area contributed by atoms with Gasteiger partial charge in [-0.25, -0.2) is 18.4 Å². The molecular formula is C26H26N4O3S. The van der Waals surface area contributed by atoms with Crippen LogP contribution in [0.3, 0.4) is 0 Å². The van der Waals surface area contributed by atoms with Crippen molar-refractivity contribution in [3.63, 3.8) is 0 Å². The molecule has 2 fully saturated rings. The Morgan fingerprint density at radius 3 is 2.29 bits per heavy atom. The number of anilines is 1. The zero-order valence-electron chi connectivity index (χ0n) is 19.2. The summed E-state index contributed by atoms with van der Waals surface area (Å²) in [5.74, 6) is 3.02. The molecule has 2 aliphatic rings. The summed E-state index contributed by atoms with van der Waals surface area (Å²) >= 11 is 0. The molecule has 1 aliphatic heterocycles. The highest BCUT2D eigenvalue weighted by atomic mass is 32.2. The lowest BCUT2D eigenvalue weighted by molar-refractivity contribution is 0.282. The van der Waals surface area contributed by atoms with Gasteiger partial charge in [-0.05, 0) is 59.2 Å². The molecule has 174 valence electrons. The minimum Gasteiger partial charge on any atom is -0.492 e. The topological polar surface area (TPSA) is 96.2 Å². The number of rotatable bonds is 7. The van der Waals surface area contributed by atoms with Crippen molar-refractivity contribution in [1.29, 1.82) is 5.26 Å². The lowest BCUT2D eigenvalue weighted by Gasteiger charge is -2.20. The maximum Gasteiger partial charge on any atom is 0.225 e. The van der Waals surface area contributed by atoms with Gasteiger partial charge in [0.1, 0.15) is 11.8 Å². The molecule has 0 N–H and O–H groups in total. The molecule has 7 nitrogen and oxygen atoms in total. The van der Waals surface area contributed by atoms with Crippen molar-refractivity contribution >= 4 is 15.8 Å². The molecule has 2 heterocycles. The molecule has 0 bridgehead atoms. The highest BCUT2D eigenvalue weighted by molar-refractivity contribution is 7.90. The van der Waals surface area contributed by atoms with E-state index in [9.17, 15) is 13.7 Å². The first kappa shape index (κ1) is 22.4. The molecule has 1 aromatic heterocycles. The number of aromatic nitrogens is 2. The van der Waals surface area contributed by atoms with Gasteiger partial charge in [0.05, 0.1) is 17.1 Å². The fourth-order valence-electron chi connectivity index (χ4n) is 4.76. The van der Waals surface area contributed by atoms with Gasteiger partial charge in [0.25, 0.3) is 0 Å². The van der Waals surface area contributed by atoms with Crippen molar-refractivity contribution < 1.29 is 13.2 Å². The van der Waals surface area contributed by atoms with Crippen LogP contribution in [0.4, 0.5) is 5.95 Å². The van der Waals surface area contributed by atoms with Gasteiger partial charge in [-0.2, -0.15) is 5.26 Å². The van der Waals surface area contributed by atoms with Crippen LogP contribution in [-0.2, 0) is 16.3 Å². The molecule has 1 unspecified atom stereocenters. The minimum absolute atomic E-state index is 0.273. The summed E-state index contributed by atoms with van der Waals surface area (Å²) in [6, 6.07) is 14.4. The van der Waals surface area contributed by atoms with E-state index < -0.39 is 9.84 Å². The Kier molecular flexibility index (Phi) is 5.74. The summed E-state index contributed by atoms with van der Waals surface area (Å²) in [5, 5.41) is 9.65. The predicted octanol–water partition coefficient (Wildman–Crippen LogP) is 3.74. The van der Waals surface area contributed by atoms with Crippen LogP contribution in [0.5, 0.6) is 5.75 Å². The van der Waals surface area contributed by atoms with Crippen LogP contribution < -0.4 is 9.64 Å². The van der Waals surface area contributed by atoms with Crippen molar-refractivity contribution in [3.05, 3.63) is 66.0 Å². The Hall–Kier alpha value is -3.44. The Morgan fingerprint density at radius 1 is 1.06 bits per heavy atom. The van der Waals surface area contributed by atoms with E-state index in [1.54, 1.807) is 30.3 Å². The van der Waals surface area contributed by atoms with Crippen LogP contribution >= 0.6 is 0 Å². The molecule has 0 radical (unpaired) electrons. The van der Waals surface area contributed by atoms with E-state index in [0.717, 1.165) is 42.1 Å². The quantitative estimate of drug-likeness (QED) is 0.515. The van der Waals surface area contributed by atoms with Gasteiger partial charge in [0.2, 0.25) is 5.95 Å². The second-order valence-corrected chi connectivity index (χ2v) is 11.1. The van der Waals surface area contributed by atoms with Crippen molar-refractivity contribution in [2.45, 2.75) is 18.2 Å². The number of hydrogen-bond donors (Lipinski definition) is 0. The first-order valence-electron chi connectivity index (χ1n) is 11.4. The van der Waals surface area contributed by atoms with Gasteiger partial charge < -0.3 is 9.64 Å². The Balaban J connectivity index is 1.20. The van der Waals surface area contributed by atoms with Crippen LogP contribution in [0, 0.1) is 29.1 Å². The van der Waals surface area contributed by atoms with Crippen molar-refractivity contribution in [2.75, 3.05) is 30.9 Å². The van der Waals surface area contributed by atoms with E-state index in [1.165, 1.54) is 6.26 Å². The molecular weight excluding hydrogens is 448 g/mol. The summed E-state index contributed by atoms with van der Waals surface area (Å²) in [6.07, 6.45) is 5.93. The lowest BCUT2D eigenvalue weighted by Crippen LogP contribution is -2.27. The second-order valence-electron chi connectivity index (χ2n) is 9.07. The third-order valence-electron chi connectivity index (χ3n) is 6.90. The molecule has 1 saturated heterocycles. The van der Waals surface area contributed by atoms with Crippen molar-refractivity contribution in [2.24, 2.45) is 17.8 Å². The van der Waals surface area contributed by atoms with Gasteiger partial charge in [-0.15, -0.1) is 0 Å². The molecule has 3 aromatic rings. The molecule has 2 aromatic carbocycles. The summed E-state index contributed by atoms with van der Waals surface area (Å²) in [5.41, 5.74) is 3.31. The lowest BCUT2D eigenvalue weighted by atomic mass is 10.0. The monoisotopic (exact) mass is 474 g/mol. The highest BCUT2D eigenvalue weighted by Crippen LogP contribution is 2.52. The van der Waals surface area contributed by atoms with E-state index in [-0.39, 0.29) is 4.90 Å². The van der Waals surface area contributed by atoms with Crippen molar-refractivity contribution in [1.82, 2.24) is 9.97 Å². The van der Waals surface area contributed by atoms with Gasteiger partial charge in [-0.1, -0.05) is 25.1 Å². The zero-order chi connectivity index (χ0) is 23.9. The average molecular weight is 475 g/mol. The normalized spacial score (nSPS) is 21.1. The molecule has 34 heavy (non-hydrogen) atoms. The number of benzene rings is 2. The van der Waals surface area contributed by atoms with Gasteiger partial charge >= 0.3 is 0 Å². The first-order chi connectivity index (χ1) is 16.4. The molecule has 0 amide bonds. The fourth-order valence-corrected chi connectivity index (χ4v) is 5.39. The maximum absolute atomic E-state index is 11.7.